The van der Waals surface area contributed by atoms with Crippen molar-refractivity contribution >= 4 is 47.9 Å². The largest absolute Gasteiger partial charge is 0.444 e. The van der Waals surface area contributed by atoms with Crippen LogP contribution in [0, 0.1) is 17.8 Å². The topological polar surface area (TPSA) is 249 Å². The van der Waals surface area contributed by atoms with Crippen molar-refractivity contribution in [2.45, 2.75) is 161 Å². The molecule has 2 aromatic carbocycles. The molecule has 0 aromatic heterocycles. The zero-order valence-electron chi connectivity index (χ0n) is 43.2. The lowest BCUT2D eigenvalue weighted by Gasteiger charge is -2.29. The Kier molecular flexibility index (Phi) is 22.8. The predicted octanol–water partition coefficient (Wildman–Crippen LogP) is 4.84. The number of rotatable bonds is 20. The molecule has 19 nitrogen and oxygen atoms in total. The van der Waals surface area contributed by atoms with Crippen molar-refractivity contribution in [1.29, 1.82) is 0 Å². The number of hydrogen-bond acceptors (Lipinski definition) is 13. The van der Waals surface area contributed by atoms with E-state index >= 15 is 0 Å². The Bertz CT molecular complexity index is 2170. The summed E-state index contributed by atoms with van der Waals surface area (Å²) in [5.74, 6) is 0.598. The number of likely N-dealkylation sites (tertiary alicyclic amines) is 1. The molecule has 1 heterocycles. The smallest absolute Gasteiger partial charge is 0.408 e. The van der Waals surface area contributed by atoms with Crippen molar-refractivity contribution in [2.24, 2.45) is 5.92 Å². The van der Waals surface area contributed by atoms with Crippen LogP contribution in [-0.2, 0) is 55.8 Å². The van der Waals surface area contributed by atoms with E-state index in [1.54, 1.807) is 117 Å². The fraction of sp³-hybridized carbons (Fsp3) is 0.577. The van der Waals surface area contributed by atoms with Crippen molar-refractivity contribution in [1.82, 2.24) is 36.8 Å². The van der Waals surface area contributed by atoms with E-state index in [1.807, 2.05) is 18.0 Å². The van der Waals surface area contributed by atoms with Crippen LogP contribution in [0.1, 0.15) is 112 Å². The number of esters is 2. The second kappa shape index (κ2) is 27.6. The van der Waals surface area contributed by atoms with Crippen molar-refractivity contribution < 1.29 is 57.3 Å². The quantitative estimate of drug-likeness (QED) is 0.0451. The molecular formula is C52H75N7O12. The number of nitrogens with one attached hydrogen (secondary N) is 6. The minimum absolute atomic E-state index is 0.00255. The standard InChI is InChI=1S/C52H75N7O12/c1-12-13-24-38(55-43(61)39(31-34-20-16-14-17-21-34)56-44(62)40(32-35-22-18-15-19-23-35)58-49(67)71-52(8,9)10)42(60)57-41(46(64)68-45(63)36-26-29-59(11)30-27-36)33-37(54-48(66)70-51(5,6)7)25-28-53-47(65)69-50(2,3)4/h14-23,36-41H,24-33H2,1-11H3,(H,53,65)(H,54,66)(H,55,61)(H,56,62)(H,57,60)(H,58,67)/t37?,38?,39-,40-,41-/m1/s1. The normalized spacial score (nSPS) is 15.3. The van der Waals surface area contributed by atoms with E-state index in [2.05, 4.69) is 43.7 Å². The van der Waals surface area contributed by atoms with Gasteiger partial charge in [0.15, 0.2) is 0 Å². The van der Waals surface area contributed by atoms with E-state index in [4.69, 9.17) is 18.9 Å². The number of carbonyl (C=O) groups is 8. The first-order valence-corrected chi connectivity index (χ1v) is 24.0. The summed E-state index contributed by atoms with van der Waals surface area (Å²) in [6.45, 7) is 17.8. The minimum atomic E-state index is -1.61. The lowest BCUT2D eigenvalue weighted by Crippen LogP contribution is -2.59. The zero-order chi connectivity index (χ0) is 52.9. The number of nitrogens with zero attached hydrogens (tertiary/aromatic N) is 1. The van der Waals surface area contributed by atoms with Crippen LogP contribution in [0.25, 0.3) is 0 Å². The van der Waals surface area contributed by atoms with Gasteiger partial charge in [-0.3, -0.25) is 19.2 Å². The summed E-state index contributed by atoms with van der Waals surface area (Å²) in [5.41, 5.74) is -1.23. The Hall–Kier alpha value is -6.68. The SMILES string of the molecule is CC#CCC(NC(=O)[C@@H](Cc1ccccc1)NC(=O)[C@@H](Cc1ccccc1)NC(=O)OC(C)(C)C)C(=O)N[C@H](CC(CCNC(=O)OC(C)(C)C)NC(=O)OC(C)(C)C)C(=O)OC(=O)C1CCN(C)CC1. The fourth-order valence-electron chi connectivity index (χ4n) is 7.18. The number of piperidine rings is 1. The number of benzene rings is 2. The highest BCUT2D eigenvalue weighted by Crippen LogP contribution is 2.19. The van der Waals surface area contributed by atoms with Crippen molar-refractivity contribution in [3.8, 4) is 11.8 Å². The van der Waals surface area contributed by atoms with Crippen LogP contribution in [0.3, 0.4) is 0 Å². The second-order valence-electron chi connectivity index (χ2n) is 20.5. The van der Waals surface area contributed by atoms with Crippen molar-refractivity contribution in [2.75, 3.05) is 26.7 Å². The minimum Gasteiger partial charge on any atom is -0.444 e. The van der Waals surface area contributed by atoms with Gasteiger partial charge in [0.25, 0.3) is 0 Å². The molecule has 390 valence electrons. The summed E-state index contributed by atoms with van der Waals surface area (Å²) in [7, 11) is 1.91. The summed E-state index contributed by atoms with van der Waals surface area (Å²) >= 11 is 0. The predicted molar refractivity (Wildman–Crippen MR) is 265 cm³/mol. The summed E-state index contributed by atoms with van der Waals surface area (Å²) in [5, 5.41) is 16.1. The molecule has 6 N–H and O–H groups in total. The summed E-state index contributed by atoms with van der Waals surface area (Å²) in [6, 6.07) is 11.2. The molecule has 1 aliphatic rings. The average molecular weight is 990 g/mol. The molecule has 0 spiro atoms. The van der Waals surface area contributed by atoms with Gasteiger partial charge in [0, 0.05) is 31.8 Å². The fourth-order valence-corrected chi connectivity index (χ4v) is 7.18. The van der Waals surface area contributed by atoms with Crippen LogP contribution >= 0.6 is 0 Å². The monoisotopic (exact) mass is 990 g/mol. The first kappa shape index (κ1) is 58.6. The second-order valence-corrected chi connectivity index (χ2v) is 20.5. The molecule has 3 rings (SSSR count). The lowest BCUT2D eigenvalue weighted by atomic mass is 9.97. The Labute approximate surface area is 418 Å². The number of amides is 6. The van der Waals surface area contributed by atoms with E-state index in [1.165, 1.54) is 6.92 Å². The average Bonchev–Trinajstić information content (AvgIpc) is 3.25. The number of carbonyl (C=O) groups excluding carboxylic acids is 8. The van der Waals surface area contributed by atoms with Crippen molar-refractivity contribution in [3.05, 3.63) is 71.8 Å². The molecule has 1 aliphatic heterocycles. The Balaban J connectivity index is 1.99. The maximum atomic E-state index is 14.5. The molecule has 1 fully saturated rings. The summed E-state index contributed by atoms with van der Waals surface area (Å²) in [4.78, 5) is 112. The molecule has 6 amide bonds. The van der Waals surface area contributed by atoms with Crippen LogP contribution in [0.15, 0.2) is 60.7 Å². The van der Waals surface area contributed by atoms with Gasteiger partial charge >= 0.3 is 30.2 Å². The van der Waals surface area contributed by atoms with Gasteiger partial charge in [-0.2, -0.15) is 0 Å². The number of hydrogen-bond donors (Lipinski definition) is 6. The van der Waals surface area contributed by atoms with Gasteiger partial charge in [-0.15, -0.1) is 11.8 Å². The summed E-state index contributed by atoms with van der Waals surface area (Å²) < 4.78 is 21.7. The van der Waals surface area contributed by atoms with Gasteiger partial charge in [0.1, 0.15) is 41.0 Å². The molecule has 5 atom stereocenters. The molecule has 0 aliphatic carbocycles. The van der Waals surface area contributed by atoms with Crippen LogP contribution in [0.4, 0.5) is 14.4 Å². The van der Waals surface area contributed by atoms with Gasteiger partial charge in [0.05, 0.1) is 5.92 Å². The first-order chi connectivity index (χ1) is 33.2. The van der Waals surface area contributed by atoms with E-state index in [0.717, 1.165) is 0 Å². The van der Waals surface area contributed by atoms with E-state index in [9.17, 15) is 38.4 Å². The van der Waals surface area contributed by atoms with Crippen molar-refractivity contribution in [3.63, 3.8) is 0 Å². The highest BCUT2D eigenvalue weighted by molar-refractivity contribution is 5.96. The lowest BCUT2D eigenvalue weighted by molar-refractivity contribution is -0.166. The highest BCUT2D eigenvalue weighted by Gasteiger charge is 2.36. The van der Waals surface area contributed by atoms with E-state index in [-0.39, 0.29) is 38.6 Å². The summed E-state index contributed by atoms with van der Waals surface area (Å²) in [6.07, 6.45) is -2.18. The molecule has 71 heavy (non-hydrogen) atoms. The maximum absolute atomic E-state index is 14.5. The Morgan fingerprint density at radius 2 is 1.04 bits per heavy atom. The third-order valence-corrected chi connectivity index (χ3v) is 10.6. The highest BCUT2D eigenvalue weighted by atomic mass is 16.6. The van der Waals surface area contributed by atoms with Crippen LogP contribution < -0.4 is 31.9 Å². The third-order valence-electron chi connectivity index (χ3n) is 10.6. The number of alkyl carbamates (subject to hydrolysis) is 3. The van der Waals surface area contributed by atoms with Gasteiger partial charge in [-0.25, -0.2) is 19.2 Å². The van der Waals surface area contributed by atoms with Crippen LogP contribution in [0.2, 0.25) is 0 Å². The molecular weight excluding hydrogens is 915 g/mol. The molecule has 0 bridgehead atoms. The van der Waals surface area contributed by atoms with E-state index in [0.29, 0.717) is 37.1 Å². The van der Waals surface area contributed by atoms with Gasteiger partial charge < -0.3 is 55.7 Å². The molecule has 19 heteroatoms. The maximum Gasteiger partial charge on any atom is 0.408 e. The molecule has 2 unspecified atom stereocenters. The first-order valence-electron chi connectivity index (χ1n) is 24.0. The Morgan fingerprint density at radius 3 is 1.54 bits per heavy atom. The molecule has 2 aromatic rings. The van der Waals surface area contributed by atoms with Crippen LogP contribution in [0.5, 0.6) is 0 Å². The zero-order valence-corrected chi connectivity index (χ0v) is 43.2. The van der Waals surface area contributed by atoms with Gasteiger partial charge in [0.2, 0.25) is 17.7 Å². The van der Waals surface area contributed by atoms with Gasteiger partial charge in [-0.1, -0.05) is 60.7 Å². The Morgan fingerprint density at radius 1 is 0.606 bits per heavy atom. The molecule has 1 saturated heterocycles. The third kappa shape index (κ3) is 23.7. The van der Waals surface area contributed by atoms with Crippen LogP contribution in [-0.4, -0.2) is 127 Å². The molecule has 0 saturated carbocycles. The van der Waals surface area contributed by atoms with Gasteiger partial charge in [-0.05, 0) is 126 Å². The van der Waals surface area contributed by atoms with E-state index < -0.39 is 101 Å². The number of ether oxygens (including phenoxy) is 4. The molecule has 0 radical (unpaired) electrons.